The zero-order chi connectivity index (χ0) is 12.0. The highest BCUT2D eigenvalue weighted by Crippen LogP contribution is 2.28. The molecule has 0 heterocycles. The normalized spacial score (nSPS) is 11.8. The molecular formula is C9H10NO5P. The van der Waals surface area contributed by atoms with E-state index in [2.05, 4.69) is 6.58 Å². The van der Waals surface area contributed by atoms with Gasteiger partial charge in [-0.15, -0.1) is 6.58 Å². The van der Waals surface area contributed by atoms with Crippen molar-refractivity contribution in [3.8, 4) is 5.75 Å². The molecule has 0 radical (unpaired) electrons. The molecule has 86 valence electrons. The van der Waals surface area contributed by atoms with E-state index in [0.717, 1.165) is 0 Å². The number of nitrogens with zero attached hydrogens (tertiary/aromatic N) is 1. The van der Waals surface area contributed by atoms with Gasteiger partial charge in [0.2, 0.25) is 0 Å². The van der Waals surface area contributed by atoms with Gasteiger partial charge in [-0.3, -0.25) is 14.6 Å². The molecule has 1 aromatic rings. The Morgan fingerprint density at radius 1 is 1.44 bits per heavy atom. The quantitative estimate of drug-likeness (QED) is 0.332. The molecule has 0 fully saturated rings. The zero-order valence-corrected chi connectivity index (χ0v) is 9.29. The van der Waals surface area contributed by atoms with Crippen molar-refractivity contribution in [1.29, 1.82) is 0 Å². The van der Waals surface area contributed by atoms with Gasteiger partial charge in [0, 0.05) is 12.1 Å². The first-order valence-electron chi connectivity index (χ1n) is 4.33. The van der Waals surface area contributed by atoms with Crippen molar-refractivity contribution in [3.05, 3.63) is 47.0 Å². The van der Waals surface area contributed by atoms with Crippen LogP contribution >= 0.6 is 8.25 Å². The van der Waals surface area contributed by atoms with Crippen LogP contribution in [0.3, 0.4) is 0 Å². The lowest BCUT2D eigenvalue weighted by Gasteiger charge is -2.04. The molecule has 1 atom stereocenters. The zero-order valence-electron chi connectivity index (χ0n) is 8.29. The summed E-state index contributed by atoms with van der Waals surface area (Å²) in [5.41, 5.74) is -0.0565. The van der Waals surface area contributed by atoms with Crippen LogP contribution in [0, 0.1) is 10.1 Å². The number of benzene rings is 1. The Labute approximate surface area is 92.6 Å². The molecule has 1 rings (SSSR count). The van der Waals surface area contributed by atoms with Crippen LogP contribution in [0.4, 0.5) is 5.69 Å². The van der Waals surface area contributed by atoms with E-state index in [0.29, 0.717) is 0 Å². The fourth-order valence-corrected chi connectivity index (χ4v) is 1.53. The van der Waals surface area contributed by atoms with Gasteiger partial charge < -0.3 is 4.52 Å². The van der Waals surface area contributed by atoms with Gasteiger partial charge in [-0.1, -0.05) is 6.08 Å². The predicted octanol–water partition coefficient (Wildman–Crippen LogP) is 2.57. The summed E-state index contributed by atoms with van der Waals surface area (Å²) in [4.78, 5) is 9.82. The molecule has 0 aromatic heterocycles. The third-order valence-electron chi connectivity index (χ3n) is 1.57. The minimum Gasteiger partial charge on any atom is -0.426 e. The van der Waals surface area contributed by atoms with E-state index in [1.54, 1.807) is 0 Å². The molecule has 1 unspecified atom stereocenters. The minimum atomic E-state index is -2.63. The van der Waals surface area contributed by atoms with Crippen molar-refractivity contribution in [2.45, 2.75) is 0 Å². The summed E-state index contributed by atoms with van der Waals surface area (Å²) in [6.07, 6.45) is 1.45. The van der Waals surface area contributed by atoms with Crippen molar-refractivity contribution in [2.75, 3.05) is 6.61 Å². The summed E-state index contributed by atoms with van der Waals surface area (Å²) in [7, 11) is -2.63. The Kier molecular flexibility index (Phi) is 4.69. The molecule has 1 aromatic carbocycles. The van der Waals surface area contributed by atoms with Crippen LogP contribution in [-0.4, -0.2) is 11.5 Å². The third kappa shape index (κ3) is 3.84. The fourth-order valence-electron chi connectivity index (χ4n) is 0.889. The molecule has 0 spiro atoms. The molecule has 0 N–H and O–H groups in total. The molecule has 0 saturated heterocycles. The van der Waals surface area contributed by atoms with Crippen molar-refractivity contribution in [2.24, 2.45) is 0 Å². The van der Waals surface area contributed by atoms with E-state index in [-0.39, 0.29) is 18.0 Å². The number of rotatable bonds is 6. The van der Waals surface area contributed by atoms with E-state index in [1.165, 1.54) is 30.3 Å². The molecule has 0 aliphatic rings. The van der Waals surface area contributed by atoms with Gasteiger partial charge in [0.25, 0.3) is 5.69 Å². The molecular weight excluding hydrogens is 233 g/mol. The van der Waals surface area contributed by atoms with Gasteiger partial charge in [0.1, 0.15) is 5.75 Å². The lowest BCUT2D eigenvalue weighted by Crippen LogP contribution is -1.89. The standard InChI is InChI=1S/C9H10NO5P/c1-2-7-14-16(13)15-9-5-3-8(4-6-9)10(11)12/h2-6,16H,1,7H2. The van der Waals surface area contributed by atoms with Crippen LogP contribution in [0.15, 0.2) is 36.9 Å². The number of nitro groups is 1. The Hall–Kier alpha value is -1.65. The summed E-state index contributed by atoms with van der Waals surface area (Å²) >= 11 is 0. The van der Waals surface area contributed by atoms with Crippen LogP contribution in [0.5, 0.6) is 5.75 Å². The fraction of sp³-hybridized carbons (Fsp3) is 0.111. The molecule has 0 amide bonds. The van der Waals surface area contributed by atoms with Gasteiger partial charge in [-0.2, -0.15) is 0 Å². The second-order valence-corrected chi connectivity index (χ2v) is 3.70. The van der Waals surface area contributed by atoms with Crippen molar-refractivity contribution in [1.82, 2.24) is 0 Å². The predicted molar refractivity (Wildman–Crippen MR) is 58.9 cm³/mol. The highest BCUT2D eigenvalue weighted by atomic mass is 31.1. The lowest BCUT2D eigenvalue weighted by molar-refractivity contribution is -0.384. The van der Waals surface area contributed by atoms with Gasteiger partial charge >= 0.3 is 8.25 Å². The molecule has 6 nitrogen and oxygen atoms in total. The largest absolute Gasteiger partial charge is 0.426 e. The first-order chi connectivity index (χ1) is 7.63. The summed E-state index contributed by atoms with van der Waals surface area (Å²) in [5, 5.41) is 10.3. The van der Waals surface area contributed by atoms with Crippen molar-refractivity contribution < 1.29 is 18.5 Å². The van der Waals surface area contributed by atoms with Crippen LogP contribution < -0.4 is 4.52 Å². The number of hydrogen-bond donors (Lipinski definition) is 0. The van der Waals surface area contributed by atoms with Crippen molar-refractivity contribution >= 4 is 13.9 Å². The van der Waals surface area contributed by atoms with Crippen LogP contribution in [0.25, 0.3) is 0 Å². The van der Waals surface area contributed by atoms with Gasteiger partial charge in [-0.05, 0) is 12.1 Å². The van der Waals surface area contributed by atoms with Crippen LogP contribution in [0.2, 0.25) is 0 Å². The van der Waals surface area contributed by atoms with Gasteiger partial charge in [-0.25, -0.2) is 4.57 Å². The monoisotopic (exact) mass is 243 g/mol. The Balaban J connectivity index is 2.58. The van der Waals surface area contributed by atoms with Gasteiger partial charge in [0.15, 0.2) is 0 Å². The molecule has 0 aliphatic carbocycles. The molecule has 0 aliphatic heterocycles. The highest BCUT2D eigenvalue weighted by Gasteiger charge is 2.06. The summed E-state index contributed by atoms with van der Waals surface area (Å²) < 4.78 is 20.8. The van der Waals surface area contributed by atoms with Crippen LogP contribution in [-0.2, 0) is 9.09 Å². The van der Waals surface area contributed by atoms with E-state index < -0.39 is 13.2 Å². The number of nitro benzene ring substituents is 1. The maximum atomic E-state index is 11.1. The second kappa shape index (κ2) is 6.05. The van der Waals surface area contributed by atoms with Crippen LogP contribution in [0.1, 0.15) is 0 Å². The van der Waals surface area contributed by atoms with E-state index in [4.69, 9.17) is 9.05 Å². The molecule has 16 heavy (non-hydrogen) atoms. The summed E-state index contributed by atoms with van der Waals surface area (Å²) in [6.45, 7) is 3.52. The number of non-ortho nitro benzene ring substituents is 1. The van der Waals surface area contributed by atoms with E-state index >= 15 is 0 Å². The maximum absolute atomic E-state index is 11.1. The first kappa shape index (κ1) is 12.4. The van der Waals surface area contributed by atoms with E-state index in [1.807, 2.05) is 0 Å². The van der Waals surface area contributed by atoms with Gasteiger partial charge in [0.05, 0.1) is 11.5 Å². The highest BCUT2D eigenvalue weighted by molar-refractivity contribution is 7.33. The SMILES string of the molecule is C=CCO[PH](=O)Oc1ccc([N+](=O)[O-])cc1. The Bertz CT molecular complexity index is 403. The lowest BCUT2D eigenvalue weighted by atomic mass is 10.3. The topological polar surface area (TPSA) is 78.7 Å². The first-order valence-corrected chi connectivity index (χ1v) is 5.56. The smallest absolute Gasteiger partial charge is 0.368 e. The maximum Gasteiger partial charge on any atom is 0.368 e. The molecule has 0 bridgehead atoms. The average Bonchev–Trinajstić information content (AvgIpc) is 2.27. The molecule has 7 heteroatoms. The second-order valence-electron chi connectivity index (χ2n) is 2.70. The summed E-state index contributed by atoms with van der Waals surface area (Å²) in [6, 6.07) is 5.24. The Morgan fingerprint density at radius 3 is 2.56 bits per heavy atom. The summed E-state index contributed by atoms with van der Waals surface area (Å²) in [5.74, 6) is 0.263. The number of hydrogen-bond acceptors (Lipinski definition) is 5. The third-order valence-corrected chi connectivity index (χ3v) is 2.37. The molecule has 0 saturated carbocycles. The Morgan fingerprint density at radius 2 is 2.06 bits per heavy atom. The average molecular weight is 243 g/mol. The van der Waals surface area contributed by atoms with Crippen molar-refractivity contribution in [3.63, 3.8) is 0 Å². The van der Waals surface area contributed by atoms with E-state index in [9.17, 15) is 14.7 Å². The minimum absolute atomic E-state index is 0.0565.